The minimum absolute atomic E-state index is 0.148. The molecule has 2 rings (SSSR count). The summed E-state index contributed by atoms with van der Waals surface area (Å²) in [6.45, 7) is 0. The molecule has 17 heavy (non-hydrogen) atoms. The number of anilines is 1. The zero-order valence-electron chi connectivity index (χ0n) is 9.09. The highest BCUT2D eigenvalue weighted by molar-refractivity contribution is 9.10. The van der Waals surface area contributed by atoms with Gasteiger partial charge in [-0.05, 0) is 34.7 Å². The van der Waals surface area contributed by atoms with Crippen molar-refractivity contribution in [3.8, 4) is 0 Å². The summed E-state index contributed by atoms with van der Waals surface area (Å²) in [5, 5.41) is 13.6. The fourth-order valence-corrected chi connectivity index (χ4v) is 1.54. The minimum atomic E-state index is -0.148. The smallest absolute Gasteiger partial charge is 0.232 e. The molecular formula is C10H10BrN5O. The van der Waals surface area contributed by atoms with Crippen molar-refractivity contribution in [3.05, 3.63) is 34.6 Å². The Hall–Kier alpha value is -1.76. The zero-order valence-corrected chi connectivity index (χ0v) is 10.7. The van der Waals surface area contributed by atoms with Crippen LogP contribution in [0.1, 0.15) is 5.82 Å². The topological polar surface area (TPSA) is 72.7 Å². The van der Waals surface area contributed by atoms with Gasteiger partial charge in [-0.1, -0.05) is 15.9 Å². The third-order valence-electron chi connectivity index (χ3n) is 2.15. The third kappa shape index (κ3) is 3.10. The summed E-state index contributed by atoms with van der Waals surface area (Å²) in [5.41, 5.74) is 0.744. The predicted octanol–water partition coefficient (Wildman–Crippen LogP) is 1.15. The Bertz CT molecular complexity index is 522. The summed E-state index contributed by atoms with van der Waals surface area (Å²) in [7, 11) is 1.70. The fourth-order valence-electron chi connectivity index (χ4n) is 1.28. The number of aryl methyl sites for hydroxylation is 1. The van der Waals surface area contributed by atoms with Gasteiger partial charge in [0, 0.05) is 17.2 Å². The van der Waals surface area contributed by atoms with Crippen molar-refractivity contribution in [1.82, 2.24) is 20.2 Å². The SMILES string of the molecule is Cn1nnnc1CC(=O)Nc1ccc(Br)cc1. The van der Waals surface area contributed by atoms with Crippen molar-refractivity contribution in [2.75, 3.05) is 5.32 Å². The molecule has 0 saturated heterocycles. The first-order valence-corrected chi connectivity index (χ1v) is 5.71. The predicted molar refractivity (Wildman–Crippen MR) is 65.3 cm³/mol. The average Bonchev–Trinajstić information content (AvgIpc) is 2.68. The van der Waals surface area contributed by atoms with E-state index >= 15 is 0 Å². The van der Waals surface area contributed by atoms with Crippen molar-refractivity contribution in [2.45, 2.75) is 6.42 Å². The molecule has 6 nitrogen and oxygen atoms in total. The molecule has 0 atom stereocenters. The molecule has 7 heteroatoms. The Morgan fingerprint density at radius 3 is 2.71 bits per heavy atom. The Kier molecular flexibility index (Phi) is 3.48. The Labute approximate surface area is 106 Å². The monoisotopic (exact) mass is 295 g/mol. The summed E-state index contributed by atoms with van der Waals surface area (Å²) in [6.07, 6.45) is 0.152. The highest BCUT2D eigenvalue weighted by atomic mass is 79.9. The molecule has 0 radical (unpaired) electrons. The number of carbonyl (C=O) groups excluding carboxylic acids is 1. The van der Waals surface area contributed by atoms with E-state index in [-0.39, 0.29) is 12.3 Å². The number of amides is 1. The normalized spacial score (nSPS) is 10.2. The van der Waals surface area contributed by atoms with Gasteiger partial charge in [0.15, 0.2) is 5.82 Å². The Balaban J connectivity index is 1.98. The minimum Gasteiger partial charge on any atom is -0.326 e. The molecule has 1 aromatic carbocycles. The van der Waals surface area contributed by atoms with Crippen molar-refractivity contribution in [3.63, 3.8) is 0 Å². The van der Waals surface area contributed by atoms with Gasteiger partial charge < -0.3 is 5.32 Å². The lowest BCUT2D eigenvalue weighted by Gasteiger charge is -2.04. The molecule has 0 unspecified atom stereocenters. The zero-order chi connectivity index (χ0) is 12.3. The van der Waals surface area contributed by atoms with Gasteiger partial charge in [-0.15, -0.1) is 5.10 Å². The fraction of sp³-hybridized carbons (Fsp3) is 0.200. The number of carbonyl (C=O) groups is 1. The molecule has 0 aliphatic rings. The summed E-state index contributed by atoms with van der Waals surface area (Å²) < 4.78 is 2.44. The molecule has 1 aromatic heterocycles. The van der Waals surface area contributed by atoms with E-state index in [2.05, 4.69) is 36.8 Å². The van der Waals surface area contributed by atoms with Gasteiger partial charge in [0.2, 0.25) is 5.91 Å². The van der Waals surface area contributed by atoms with Crippen molar-refractivity contribution >= 4 is 27.5 Å². The van der Waals surface area contributed by atoms with Crippen molar-refractivity contribution in [1.29, 1.82) is 0 Å². The first kappa shape index (κ1) is 11.7. The van der Waals surface area contributed by atoms with Crippen LogP contribution < -0.4 is 5.32 Å². The van der Waals surface area contributed by atoms with E-state index in [4.69, 9.17) is 0 Å². The number of aromatic nitrogens is 4. The van der Waals surface area contributed by atoms with Gasteiger partial charge >= 0.3 is 0 Å². The number of nitrogens with one attached hydrogen (secondary N) is 1. The molecule has 0 bridgehead atoms. The van der Waals surface area contributed by atoms with Crippen LogP contribution in [0.5, 0.6) is 0 Å². The summed E-state index contributed by atoms with van der Waals surface area (Å²) in [4.78, 5) is 11.7. The highest BCUT2D eigenvalue weighted by Gasteiger charge is 2.09. The third-order valence-corrected chi connectivity index (χ3v) is 2.68. The van der Waals surface area contributed by atoms with Gasteiger partial charge in [0.25, 0.3) is 0 Å². The highest BCUT2D eigenvalue weighted by Crippen LogP contribution is 2.14. The van der Waals surface area contributed by atoms with E-state index in [1.807, 2.05) is 24.3 Å². The molecular weight excluding hydrogens is 286 g/mol. The van der Waals surface area contributed by atoms with Crippen molar-refractivity contribution in [2.24, 2.45) is 7.05 Å². The summed E-state index contributed by atoms with van der Waals surface area (Å²) >= 11 is 3.33. The van der Waals surface area contributed by atoms with E-state index in [0.717, 1.165) is 10.2 Å². The van der Waals surface area contributed by atoms with Crippen molar-refractivity contribution < 1.29 is 4.79 Å². The number of nitrogens with zero attached hydrogens (tertiary/aromatic N) is 4. The first-order chi connectivity index (χ1) is 8.15. The van der Waals surface area contributed by atoms with Crippen LogP contribution in [0.4, 0.5) is 5.69 Å². The maximum Gasteiger partial charge on any atom is 0.232 e. The van der Waals surface area contributed by atoms with Crippen LogP contribution in [0, 0.1) is 0 Å². The number of rotatable bonds is 3. The van der Waals surface area contributed by atoms with Crippen LogP contribution in [-0.2, 0) is 18.3 Å². The number of hydrogen-bond acceptors (Lipinski definition) is 4. The lowest BCUT2D eigenvalue weighted by atomic mass is 10.3. The van der Waals surface area contributed by atoms with E-state index in [1.165, 1.54) is 4.68 Å². The lowest BCUT2D eigenvalue weighted by molar-refractivity contribution is -0.115. The Morgan fingerprint density at radius 1 is 1.41 bits per heavy atom. The molecule has 2 aromatic rings. The standard InChI is InChI=1S/C10H10BrN5O/c1-16-9(13-14-15-16)6-10(17)12-8-4-2-7(11)3-5-8/h2-5H,6H2,1H3,(H,12,17). The summed E-state index contributed by atoms with van der Waals surface area (Å²) in [5.74, 6) is 0.379. The number of tetrazole rings is 1. The van der Waals surface area contributed by atoms with Crippen LogP contribution >= 0.6 is 15.9 Å². The van der Waals surface area contributed by atoms with E-state index in [9.17, 15) is 4.79 Å². The number of hydrogen-bond donors (Lipinski definition) is 1. The number of halogens is 1. The van der Waals surface area contributed by atoms with Crippen LogP contribution in [-0.4, -0.2) is 26.1 Å². The van der Waals surface area contributed by atoms with E-state index in [1.54, 1.807) is 7.05 Å². The van der Waals surface area contributed by atoms with Crippen LogP contribution in [0.2, 0.25) is 0 Å². The molecule has 0 aliphatic carbocycles. The van der Waals surface area contributed by atoms with Gasteiger partial charge in [0.1, 0.15) is 0 Å². The van der Waals surface area contributed by atoms with Crippen LogP contribution in [0.15, 0.2) is 28.7 Å². The van der Waals surface area contributed by atoms with Gasteiger partial charge in [-0.3, -0.25) is 4.79 Å². The second-order valence-corrected chi connectivity index (χ2v) is 4.37. The second kappa shape index (κ2) is 5.05. The van der Waals surface area contributed by atoms with Gasteiger partial charge in [-0.2, -0.15) is 0 Å². The lowest BCUT2D eigenvalue weighted by Crippen LogP contribution is -2.17. The first-order valence-electron chi connectivity index (χ1n) is 4.92. The van der Waals surface area contributed by atoms with Crippen LogP contribution in [0.3, 0.4) is 0 Å². The molecule has 0 spiro atoms. The molecule has 1 amide bonds. The maximum atomic E-state index is 11.7. The second-order valence-electron chi connectivity index (χ2n) is 3.45. The van der Waals surface area contributed by atoms with Gasteiger partial charge in [0.05, 0.1) is 6.42 Å². The average molecular weight is 296 g/mol. The Morgan fingerprint density at radius 2 is 2.12 bits per heavy atom. The molecule has 88 valence electrons. The van der Waals surface area contributed by atoms with E-state index < -0.39 is 0 Å². The molecule has 1 heterocycles. The maximum absolute atomic E-state index is 11.7. The van der Waals surface area contributed by atoms with Crippen LogP contribution in [0.25, 0.3) is 0 Å². The molecule has 0 fully saturated rings. The quantitative estimate of drug-likeness (QED) is 0.922. The largest absolute Gasteiger partial charge is 0.326 e. The number of benzene rings is 1. The van der Waals surface area contributed by atoms with Gasteiger partial charge in [-0.25, -0.2) is 4.68 Å². The molecule has 1 N–H and O–H groups in total. The van der Waals surface area contributed by atoms with E-state index in [0.29, 0.717) is 5.82 Å². The molecule has 0 saturated carbocycles. The summed E-state index contributed by atoms with van der Waals surface area (Å²) in [6, 6.07) is 7.35. The molecule has 0 aliphatic heterocycles.